The quantitative estimate of drug-likeness (QED) is 0.834. The number of rotatable bonds is 5. The van der Waals surface area contributed by atoms with Crippen molar-refractivity contribution in [2.24, 2.45) is 7.05 Å². The van der Waals surface area contributed by atoms with Gasteiger partial charge >= 0.3 is 0 Å². The maximum atomic E-state index is 12.0. The number of amides is 1. The Balaban J connectivity index is 1.90. The van der Waals surface area contributed by atoms with E-state index in [4.69, 9.17) is 0 Å². The summed E-state index contributed by atoms with van der Waals surface area (Å²) in [5.41, 5.74) is 1.45. The normalized spacial score (nSPS) is 10.2. The van der Waals surface area contributed by atoms with E-state index in [-0.39, 0.29) is 5.91 Å². The minimum absolute atomic E-state index is 0.0964. The van der Waals surface area contributed by atoms with E-state index < -0.39 is 0 Å². The van der Waals surface area contributed by atoms with Crippen molar-refractivity contribution in [2.75, 3.05) is 18.9 Å². The van der Waals surface area contributed by atoms with Gasteiger partial charge in [0.1, 0.15) is 6.33 Å². The Bertz CT molecular complexity index is 564. The first-order valence-corrected chi connectivity index (χ1v) is 6.10. The van der Waals surface area contributed by atoms with Crippen molar-refractivity contribution in [3.05, 3.63) is 42.0 Å². The van der Waals surface area contributed by atoms with E-state index in [2.05, 4.69) is 20.7 Å². The molecule has 0 unspecified atom stereocenters. The molecule has 1 aromatic carbocycles. The van der Waals surface area contributed by atoms with E-state index in [1.165, 1.54) is 0 Å². The second-order valence-corrected chi connectivity index (χ2v) is 4.14. The summed E-state index contributed by atoms with van der Waals surface area (Å²) in [5, 5.41) is 10.0. The first-order chi connectivity index (χ1) is 9.20. The molecular weight excluding hydrogens is 242 g/mol. The van der Waals surface area contributed by atoms with Gasteiger partial charge in [-0.25, -0.2) is 4.98 Å². The predicted molar refractivity (Wildman–Crippen MR) is 73.0 cm³/mol. The summed E-state index contributed by atoms with van der Waals surface area (Å²) >= 11 is 0. The zero-order chi connectivity index (χ0) is 13.7. The molecule has 1 aromatic heterocycles. The van der Waals surface area contributed by atoms with Crippen molar-refractivity contribution in [1.29, 1.82) is 0 Å². The average molecular weight is 259 g/mol. The first kappa shape index (κ1) is 13.1. The van der Waals surface area contributed by atoms with Crippen molar-refractivity contribution in [3.8, 4) is 0 Å². The lowest BCUT2D eigenvalue weighted by Crippen LogP contribution is -2.26. The number of carbonyl (C=O) groups excluding carboxylic acids is 1. The van der Waals surface area contributed by atoms with Gasteiger partial charge in [-0.3, -0.25) is 9.48 Å². The topological polar surface area (TPSA) is 71.8 Å². The van der Waals surface area contributed by atoms with Gasteiger partial charge in [0.25, 0.3) is 5.91 Å². The Labute approximate surface area is 111 Å². The van der Waals surface area contributed by atoms with E-state index in [1.807, 2.05) is 25.2 Å². The molecule has 6 nitrogen and oxygen atoms in total. The average Bonchev–Trinajstić information content (AvgIpc) is 2.84. The van der Waals surface area contributed by atoms with E-state index in [0.29, 0.717) is 18.5 Å². The number of aromatic nitrogens is 3. The Kier molecular flexibility index (Phi) is 4.12. The lowest BCUT2D eigenvalue weighted by atomic mass is 10.1. The van der Waals surface area contributed by atoms with Gasteiger partial charge in [0.15, 0.2) is 5.82 Å². The number of carbonyl (C=O) groups is 1. The molecular formula is C13H17N5O. The Morgan fingerprint density at radius 3 is 2.84 bits per heavy atom. The van der Waals surface area contributed by atoms with Crippen LogP contribution in [-0.2, 0) is 13.5 Å². The molecule has 6 heteroatoms. The third-order valence-electron chi connectivity index (χ3n) is 2.72. The highest BCUT2D eigenvalue weighted by Gasteiger charge is 2.09. The summed E-state index contributed by atoms with van der Waals surface area (Å²) in [6, 6.07) is 7.39. The highest BCUT2D eigenvalue weighted by molar-refractivity contribution is 5.99. The Morgan fingerprint density at radius 1 is 1.37 bits per heavy atom. The fraction of sp³-hybridized carbons (Fsp3) is 0.308. The molecule has 0 aliphatic rings. The van der Waals surface area contributed by atoms with Gasteiger partial charge < -0.3 is 10.6 Å². The number of anilines is 1. The molecule has 100 valence electrons. The molecule has 0 saturated carbocycles. The van der Waals surface area contributed by atoms with Gasteiger partial charge in [-0.1, -0.05) is 12.1 Å². The molecule has 19 heavy (non-hydrogen) atoms. The van der Waals surface area contributed by atoms with Crippen LogP contribution in [0.25, 0.3) is 0 Å². The number of nitrogens with zero attached hydrogens (tertiary/aromatic N) is 3. The molecule has 0 aliphatic carbocycles. The fourth-order valence-electron chi connectivity index (χ4n) is 1.78. The van der Waals surface area contributed by atoms with Gasteiger partial charge in [0.05, 0.1) is 5.56 Å². The molecule has 2 N–H and O–H groups in total. The van der Waals surface area contributed by atoms with Gasteiger partial charge in [0.2, 0.25) is 0 Å². The van der Waals surface area contributed by atoms with Crippen LogP contribution in [0.5, 0.6) is 0 Å². The van der Waals surface area contributed by atoms with E-state index in [9.17, 15) is 4.79 Å². The third kappa shape index (κ3) is 3.31. The number of hydrogen-bond donors (Lipinski definition) is 2. The smallest absolute Gasteiger partial charge is 0.253 e. The van der Waals surface area contributed by atoms with Crippen molar-refractivity contribution in [3.63, 3.8) is 0 Å². The summed E-state index contributed by atoms with van der Waals surface area (Å²) in [6.07, 6.45) is 2.27. The molecule has 0 aliphatic heterocycles. The van der Waals surface area contributed by atoms with Crippen molar-refractivity contribution < 1.29 is 4.79 Å². The largest absolute Gasteiger partial charge is 0.387 e. The number of aryl methyl sites for hydroxylation is 1. The predicted octanol–water partition coefficient (Wildman–Crippen LogP) is 0.829. The van der Waals surface area contributed by atoms with Crippen LogP contribution < -0.4 is 10.6 Å². The van der Waals surface area contributed by atoms with Gasteiger partial charge in [-0.05, 0) is 12.1 Å². The molecule has 1 amide bonds. The van der Waals surface area contributed by atoms with Crippen LogP contribution in [-0.4, -0.2) is 34.3 Å². The summed E-state index contributed by atoms with van der Waals surface area (Å²) < 4.78 is 1.65. The fourth-order valence-corrected chi connectivity index (χ4v) is 1.78. The van der Waals surface area contributed by atoms with Gasteiger partial charge in [0, 0.05) is 32.7 Å². The molecule has 2 rings (SSSR count). The molecule has 2 aromatic rings. The van der Waals surface area contributed by atoms with Crippen LogP contribution in [0.15, 0.2) is 30.6 Å². The zero-order valence-corrected chi connectivity index (χ0v) is 11.1. The zero-order valence-electron chi connectivity index (χ0n) is 11.1. The van der Waals surface area contributed by atoms with Crippen LogP contribution in [0.3, 0.4) is 0 Å². The maximum Gasteiger partial charge on any atom is 0.253 e. The summed E-state index contributed by atoms with van der Waals surface area (Å²) in [5.74, 6) is 0.630. The van der Waals surface area contributed by atoms with Gasteiger partial charge in [-0.2, -0.15) is 5.10 Å². The monoisotopic (exact) mass is 259 g/mol. The lowest BCUT2D eigenvalue weighted by Gasteiger charge is -2.08. The Hall–Kier alpha value is -2.37. The number of benzene rings is 1. The van der Waals surface area contributed by atoms with Crippen LogP contribution in [0, 0.1) is 0 Å². The molecule has 0 atom stereocenters. The maximum absolute atomic E-state index is 12.0. The molecule has 0 spiro atoms. The second kappa shape index (κ2) is 5.99. The van der Waals surface area contributed by atoms with Crippen LogP contribution in [0.1, 0.15) is 16.2 Å². The van der Waals surface area contributed by atoms with Crippen molar-refractivity contribution in [1.82, 2.24) is 20.1 Å². The highest BCUT2D eigenvalue weighted by atomic mass is 16.1. The van der Waals surface area contributed by atoms with Gasteiger partial charge in [-0.15, -0.1) is 0 Å². The van der Waals surface area contributed by atoms with E-state index >= 15 is 0 Å². The standard InChI is InChI=1S/C13H17N5O/c1-14-11-6-4-3-5-10(11)13(19)15-8-7-12-16-9-18(2)17-12/h3-6,9,14H,7-8H2,1-2H3,(H,15,19). The molecule has 0 bridgehead atoms. The minimum atomic E-state index is -0.0964. The second-order valence-electron chi connectivity index (χ2n) is 4.14. The highest BCUT2D eigenvalue weighted by Crippen LogP contribution is 2.13. The van der Waals surface area contributed by atoms with Crippen LogP contribution >= 0.6 is 0 Å². The molecule has 0 fully saturated rings. The van der Waals surface area contributed by atoms with Crippen LogP contribution in [0.2, 0.25) is 0 Å². The molecule has 0 radical (unpaired) electrons. The summed E-state index contributed by atoms with van der Waals surface area (Å²) in [4.78, 5) is 16.1. The first-order valence-electron chi connectivity index (χ1n) is 6.10. The van der Waals surface area contributed by atoms with Crippen LogP contribution in [0.4, 0.5) is 5.69 Å². The van der Waals surface area contributed by atoms with E-state index in [1.54, 1.807) is 24.1 Å². The van der Waals surface area contributed by atoms with Crippen molar-refractivity contribution in [2.45, 2.75) is 6.42 Å². The molecule has 1 heterocycles. The minimum Gasteiger partial charge on any atom is -0.387 e. The number of nitrogens with one attached hydrogen (secondary N) is 2. The Morgan fingerprint density at radius 2 is 2.16 bits per heavy atom. The number of hydrogen-bond acceptors (Lipinski definition) is 4. The lowest BCUT2D eigenvalue weighted by molar-refractivity contribution is 0.0955. The molecule has 0 saturated heterocycles. The third-order valence-corrected chi connectivity index (χ3v) is 2.72. The number of para-hydroxylation sites is 1. The summed E-state index contributed by atoms with van der Waals surface area (Å²) in [6.45, 7) is 0.515. The SMILES string of the molecule is CNc1ccccc1C(=O)NCCc1ncn(C)n1. The van der Waals surface area contributed by atoms with E-state index in [0.717, 1.165) is 11.5 Å². The van der Waals surface area contributed by atoms with Crippen molar-refractivity contribution >= 4 is 11.6 Å². The summed E-state index contributed by atoms with van der Waals surface area (Å²) in [7, 11) is 3.61.